The summed E-state index contributed by atoms with van der Waals surface area (Å²) in [5.74, 6) is -2.43. The summed E-state index contributed by atoms with van der Waals surface area (Å²) in [6.07, 6.45) is 9.40. The highest BCUT2D eigenvalue weighted by Gasteiger charge is 2.53. The quantitative estimate of drug-likeness (QED) is 0.499. The van der Waals surface area contributed by atoms with Gasteiger partial charge in [0.25, 0.3) is 5.92 Å². The molecule has 3 aliphatic carbocycles. The molecule has 0 radical (unpaired) electrons. The average molecular weight is 385 g/mol. The monoisotopic (exact) mass is 384 g/mol. The molecular weight excluding hydrogens is 357 g/mol. The van der Waals surface area contributed by atoms with E-state index in [-0.39, 0.29) is 17.4 Å². The molecule has 0 nitrogen and oxygen atoms in total. The molecule has 2 saturated carbocycles. The Morgan fingerprint density at radius 3 is 2.04 bits per heavy atom. The van der Waals surface area contributed by atoms with Crippen LogP contribution in [0.25, 0.3) is 0 Å². The molecule has 0 heterocycles. The molecule has 0 amide bonds. The fraction of sp³-hybridized carbons (Fsp3) is 0.727. The maximum atomic E-state index is 15.0. The summed E-state index contributed by atoms with van der Waals surface area (Å²) in [7, 11) is 0. The van der Waals surface area contributed by atoms with Crippen LogP contribution in [0.15, 0.2) is 12.1 Å². The molecule has 4 rings (SSSR count). The Bertz CT molecular complexity index is 656. The summed E-state index contributed by atoms with van der Waals surface area (Å²) in [6, 6.07) is 3.00. The second-order valence-corrected chi connectivity index (χ2v) is 9.43. The average Bonchev–Trinajstić information content (AvgIpc) is 2.90. The summed E-state index contributed by atoms with van der Waals surface area (Å²) in [5.41, 5.74) is 0.0173. The van der Waals surface area contributed by atoms with E-state index in [1.165, 1.54) is 31.7 Å². The largest absolute Gasteiger partial charge is 0.279 e. The van der Waals surface area contributed by atoms with Gasteiger partial charge in [-0.05, 0) is 80.2 Å². The molecule has 26 heavy (non-hydrogen) atoms. The third kappa shape index (κ3) is 3.19. The molecule has 0 aromatic heterocycles. The summed E-state index contributed by atoms with van der Waals surface area (Å²) in [5, 5.41) is -0.195. The van der Waals surface area contributed by atoms with E-state index in [4.69, 9.17) is 11.6 Å². The summed E-state index contributed by atoms with van der Waals surface area (Å²) in [6.45, 7) is 2.33. The van der Waals surface area contributed by atoms with Crippen molar-refractivity contribution in [2.45, 2.75) is 70.6 Å². The zero-order valence-corrected chi connectivity index (χ0v) is 16.2. The first-order valence-corrected chi connectivity index (χ1v) is 10.6. The number of rotatable bonds is 2. The molecule has 4 heteroatoms. The maximum Gasteiger partial charge on any atom is 0.279 e. The SMILES string of the molecule is CC1CCC(C2CCC(C3Cc4ccc(Cl)c(F)c4C3(F)F)CC2)CC1. The molecular formula is C22H28ClF3. The van der Waals surface area contributed by atoms with Gasteiger partial charge in [0.2, 0.25) is 0 Å². The molecule has 0 spiro atoms. The number of alkyl halides is 2. The Kier molecular flexibility index (Phi) is 5.05. The van der Waals surface area contributed by atoms with Crippen LogP contribution in [0, 0.1) is 35.4 Å². The second-order valence-electron chi connectivity index (χ2n) is 9.02. The minimum absolute atomic E-state index is 0.00524. The van der Waals surface area contributed by atoms with Crippen LogP contribution in [0.5, 0.6) is 0 Å². The number of halogens is 4. The first kappa shape index (κ1) is 18.7. The molecule has 1 aromatic rings. The van der Waals surface area contributed by atoms with Gasteiger partial charge in [0.15, 0.2) is 5.82 Å². The van der Waals surface area contributed by atoms with Gasteiger partial charge in [-0.2, -0.15) is 0 Å². The van der Waals surface area contributed by atoms with Gasteiger partial charge in [-0.15, -0.1) is 0 Å². The minimum Gasteiger partial charge on any atom is -0.205 e. The van der Waals surface area contributed by atoms with Crippen molar-refractivity contribution < 1.29 is 13.2 Å². The highest BCUT2D eigenvalue weighted by molar-refractivity contribution is 6.30. The maximum absolute atomic E-state index is 15.0. The molecule has 1 unspecified atom stereocenters. The Morgan fingerprint density at radius 1 is 0.885 bits per heavy atom. The highest BCUT2D eigenvalue weighted by atomic mass is 35.5. The smallest absolute Gasteiger partial charge is 0.205 e. The third-order valence-electron chi connectivity index (χ3n) is 7.53. The fourth-order valence-electron chi connectivity index (χ4n) is 5.91. The predicted octanol–water partition coefficient (Wildman–Crippen LogP) is 7.38. The lowest BCUT2D eigenvalue weighted by Gasteiger charge is -2.39. The Labute approximate surface area is 159 Å². The number of fused-ring (bicyclic) bond motifs is 1. The van der Waals surface area contributed by atoms with Crippen molar-refractivity contribution in [2.75, 3.05) is 0 Å². The molecule has 0 bridgehead atoms. The van der Waals surface area contributed by atoms with Gasteiger partial charge in [-0.25, -0.2) is 13.2 Å². The van der Waals surface area contributed by atoms with Gasteiger partial charge in [0, 0.05) is 5.92 Å². The van der Waals surface area contributed by atoms with Crippen molar-refractivity contribution in [3.05, 3.63) is 34.1 Å². The molecule has 3 aliphatic rings. The van der Waals surface area contributed by atoms with Gasteiger partial charge < -0.3 is 0 Å². The molecule has 144 valence electrons. The predicted molar refractivity (Wildman–Crippen MR) is 99.1 cm³/mol. The summed E-state index contributed by atoms with van der Waals surface area (Å²) >= 11 is 5.76. The van der Waals surface area contributed by atoms with Crippen LogP contribution in [0.2, 0.25) is 5.02 Å². The van der Waals surface area contributed by atoms with Crippen molar-refractivity contribution >= 4 is 11.6 Å². The Morgan fingerprint density at radius 2 is 1.42 bits per heavy atom. The van der Waals surface area contributed by atoms with E-state index in [0.717, 1.165) is 37.5 Å². The van der Waals surface area contributed by atoms with Crippen LogP contribution in [-0.4, -0.2) is 0 Å². The van der Waals surface area contributed by atoms with E-state index in [1.54, 1.807) is 6.07 Å². The van der Waals surface area contributed by atoms with E-state index in [9.17, 15) is 4.39 Å². The lowest BCUT2D eigenvalue weighted by Crippen LogP contribution is -2.33. The second kappa shape index (κ2) is 7.04. The van der Waals surface area contributed by atoms with Gasteiger partial charge >= 0.3 is 0 Å². The molecule has 2 fully saturated rings. The van der Waals surface area contributed by atoms with E-state index >= 15 is 8.78 Å². The number of hydrogen-bond donors (Lipinski definition) is 0. The van der Waals surface area contributed by atoms with Crippen molar-refractivity contribution in [1.82, 2.24) is 0 Å². The molecule has 1 atom stereocenters. The minimum atomic E-state index is -3.10. The molecule has 0 saturated heterocycles. The van der Waals surface area contributed by atoms with Crippen molar-refractivity contribution in [2.24, 2.45) is 29.6 Å². The third-order valence-corrected chi connectivity index (χ3v) is 7.82. The van der Waals surface area contributed by atoms with Crippen LogP contribution in [-0.2, 0) is 12.3 Å². The van der Waals surface area contributed by atoms with E-state index in [2.05, 4.69) is 6.92 Å². The normalized spacial score (nSPS) is 36.7. The number of hydrogen-bond acceptors (Lipinski definition) is 0. The lowest BCUT2D eigenvalue weighted by molar-refractivity contribution is -0.0853. The van der Waals surface area contributed by atoms with Crippen molar-refractivity contribution in [1.29, 1.82) is 0 Å². The Hall–Kier alpha value is -0.700. The zero-order valence-electron chi connectivity index (χ0n) is 15.4. The van der Waals surface area contributed by atoms with Crippen LogP contribution in [0.3, 0.4) is 0 Å². The van der Waals surface area contributed by atoms with Gasteiger partial charge in [-0.3, -0.25) is 0 Å². The van der Waals surface area contributed by atoms with Gasteiger partial charge in [0.05, 0.1) is 10.6 Å². The zero-order chi connectivity index (χ0) is 18.5. The van der Waals surface area contributed by atoms with Crippen molar-refractivity contribution in [3.63, 3.8) is 0 Å². The van der Waals surface area contributed by atoms with Crippen LogP contribution >= 0.6 is 11.6 Å². The first-order chi connectivity index (χ1) is 12.4. The topological polar surface area (TPSA) is 0 Å². The van der Waals surface area contributed by atoms with Crippen LogP contribution in [0.4, 0.5) is 13.2 Å². The van der Waals surface area contributed by atoms with E-state index in [1.807, 2.05) is 0 Å². The van der Waals surface area contributed by atoms with Gasteiger partial charge in [0.1, 0.15) is 0 Å². The van der Waals surface area contributed by atoms with E-state index < -0.39 is 23.2 Å². The summed E-state index contributed by atoms with van der Waals surface area (Å²) in [4.78, 5) is 0. The summed E-state index contributed by atoms with van der Waals surface area (Å²) < 4.78 is 44.3. The van der Waals surface area contributed by atoms with Crippen molar-refractivity contribution in [3.8, 4) is 0 Å². The number of benzene rings is 1. The molecule has 0 N–H and O–H groups in total. The standard InChI is InChI=1S/C22H28ClF3/c1-13-2-4-14(5-3-13)15-6-8-16(9-7-15)18-12-17-10-11-19(23)21(24)20(17)22(18,25)26/h10-11,13-16,18H,2-9,12H2,1H3. The van der Waals surface area contributed by atoms with E-state index in [0.29, 0.717) is 11.5 Å². The molecule has 0 aliphatic heterocycles. The highest BCUT2D eigenvalue weighted by Crippen LogP contribution is 2.54. The van der Waals surface area contributed by atoms with Crippen LogP contribution < -0.4 is 0 Å². The Balaban J connectivity index is 1.43. The lowest BCUT2D eigenvalue weighted by atomic mass is 9.67. The first-order valence-electron chi connectivity index (χ1n) is 10.2. The van der Waals surface area contributed by atoms with Crippen LogP contribution in [0.1, 0.15) is 69.4 Å². The fourth-order valence-corrected chi connectivity index (χ4v) is 6.07. The molecule has 1 aromatic carbocycles. The van der Waals surface area contributed by atoms with Gasteiger partial charge in [-0.1, -0.05) is 37.4 Å².